The van der Waals surface area contributed by atoms with Gasteiger partial charge in [0.2, 0.25) is 0 Å². The summed E-state index contributed by atoms with van der Waals surface area (Å²) < 4.78 is 25.0. The van der Waals surface area contributed by atoms with Crippen LogP contribution < -0.4 is 5.48 Å². The second kappa shape index (κ2) is 6.97. The van der Waals surface area contributed by atoms with Gasteiger partial charge in [-0.2, -0.15) is 5.48 Å². The Morgan fingerprint density at radius 2 is 1.68 bits per heavy atom. The minimum atomic E-state index is -2.44. The second-order valence-corrected chi connectivity index (χ2v) is 4.14. The predicted octanol–water partition coefficient (Wildman–Crippen LogP) is 3.85. The first-order valence-corrected chi connectivity index (χ1v) is 6.01. The summed E-state index contributed by atoms with van der Waals surface area (Å²) in [6.45, 7) is 0.836. The summed E-state index contributed by atoms with van der Waals surface area (Å²) in [5.41, 5.74) is 4.62. The molecule has 2 rings (SSSR count). The number of alkyl halides is 2. The molecule has 0 heterocycles. The minimum absolute atomic E-state index is 0.0300. The van der Waals surface area contributed by atoms with Crippen molar-refractivity contribution in [2.75, 3.05) is 0 Å². The minimum Gasteiger partial charge on any atom is -0.297 e. The smallest absolute Gasteiger partial charge is 0.263 e. The van der Waals surface area contributed by atoms with E-state index >= 15 is 0 Å². The van der Waals surface area contributed by atoms with Crippen molar-refractivity contribution in [1.82, 2.24) is 5.48 Å². The van der Waals surface area contributed by atoms with Gasteiger partial charge in [-0.25, -0.2) is 8.78 Å². The third-order valence-corrected chi connectivity index (χ3v) is 2.66. The maximum absolute atomic E-state index is 12.5. The van der Waals surface area contributed by atoms with Crippen LogP contribution in [0.25, 0.3) is 0 Å². The van der Waals surface area contributed by atoms with Crippen molar-refractivity contribution in [1.29, 1.82) is 0 Å². The molecule has 0 aliphatic rings. The van der Waals surface area contributed by atoms with Crippen molar-refractivity contribution in [3.63, 3.8) is 0 Å². The quantitative estimate of drug-likeness (QED) is 0.631. The van der Waals surface area contributed by atoms with Crippen LogP contribution in [-0.4, -0.2) is 0 Å². The first kappa shape index (κ1) is 13.6. The summed E-state index contributed by atoms with van der Waals surface area (Å²) in [5.74, 6) is 0. The number of rotatable bonds is 6. The normalized spacial score (nSPS) is 10.9. The molecule has 2 aromatic rings. The van der Waals surface area contributed by atoms with E-state index in [2.05, 4.69) is 5.48 Å². The molecule has 19 heavy (non-hydrogen) atoms. The third-order valence-electron chi connectivity index (χ3n) is 2.66. The molecule has 0 spiro atoms. The Morgan fingerprint density at radius 3 is 2.42 bits per heavy atom. The lowest BCUT2D eigenvalue weighted by atomic mass is 10.1. The van der Waals surface area contributed by atoms with Crippen LogP contribution in [-0.2, 0) is 18.0 Å². The molecule has 0 amide bonds. The molecule has 0 bridgehead atoms. The number of hydrogen-bond acceptors (Lipinski definition) is 2. The van der Waals surface area contributed by atoms with Gasteiger partial charge in [-0.3, -0.25) is 4.84 Å². The van der Waals surface area contributed by atoms with Crippen molar-refractivity contribution in [3.05, 3.63) is 71.3 Å². The molecule has 0 aliphatic carbocycles. The maximum Gasteiger partial charge on any atom is 0.263 e. The standard InChI is InChI=1S/C15H15F2NO/c16-15(17)14-8-4-7-13(9-14)10-18-19-11-12-5-2-1-3-6-12/h1-9,15,18H,10-11H2. The highest BCUT2D eigenvalue weighted by molar-refractivity contribution is 5.24. The van der Waals surface area contributed by atoms with Crippen LogP contribution in [0.5, 0.6) is 0 Å². The van der Waals surface area contributed by atoms with Crippen molar-refractivity contribution in [2.24, 2.45) is 0 Å². The van der Waals surface area contributed by atoms with Gasteiger partial charge in [-0.1, -0.05) is 48.5 Å². The fraction of sp³-hybridized carbons (Fsp3) is 0.200. The number of benzene rings is 2. The Labute approximate surface area is 111 Å². The molecule has 2 aromatic carbocycles. The van der Waals surface area contributed by atoms with Crippen molar-refractivity contribution in [2.45, 2.75) is 19.6 Å². The van der Waals surface area contributed by atoms with Crippen LogP contribution in [0.4, 0.5) is 8.78 Å². The molecule has 4 heteroatoms. The Balaban J connectivity index is 1.78. The van der Waals surface area contributed by atoms with E-state index in [4.69, 9.17) is 4.84 Å². The number of hydrogen-bond donors (Lipinski definition) is 1. The Hall–Kier alpha value is -1.78. The molecule has 1 N–H and O–H groups in total. The Kier molecular flexibility index (Phi) is 5.01. The van der Waals surface area contributed by atoms with Crippen LogP contribution in [0, 0.1) is 0 Å². The van der Waals surface area contributed by atoms with Gasteiger partial charge >= 0.3 is 0 Å². The maximum atomic E-state index is 12.5. The molecule has 0 fully saturated rings. The van der Waals surface area contributed by atoms with Gasteiger partial charge in [0.05, 0.1) is 6.61 Å². The SMILES string of the molecule is FC(F)c1cccc(CNOCc2ccccc2)c1. The fourth-order valence-electron chi connectivity index (χ4n) is 1.68. The first-order chi connectivity index (χ1) is 9.25. The van der Waals surface area contributed by atoms with Gasteiger partial charge in [-0.15, -0.1) is 0 Å². The van der Waals surface area contributed by atoms with Crippen molar-refractivity contribution >= 4 is 0 Å². The molecule has 0 aromatic heterocycles. The van der Waals surface area contributed by atoms with Crippen molar-refractivity contribution in [3.8, 4) is 0 Å². The molecule has 0 unspecified atom stereocenters. The van der Waals surface area contributed by atoms with E-state index in [1.54, 1.807) is 12.1 Å². The lowest BCUT2D eigenvalue weighted by molar-refractivity contribution is 0.0234. The predicted molar refractivity (Wildman–Crippen MR) is 69.5 cm³/mol. The fourth-order valence-corrected chi connectivity index (χ4v) is 1.68. The molecular formula is C15H15F2NO. The van der Waals surface area contributed by atoms with Gasteiger partial charge in [0.15, 0.2) is 0 Å². The summed E-state index contributed by atoms with van der Waals surface area (Å²) in [6, 6.07) is 16.0. The lowest BCUT2D eigenvalue weighted by Crippen LogP contribution is -2.14. The third kappa shape index (κ3) is 4.43. The largest absolute Gasteiger partial charge is 0.297 e. The summed E-state index contributed by atoms with van der Waals surface area (Å²) in [5, 5.41) is 0. The van der Waals surface area contributed by atoms with E-state index in [-0.39, 0.29) is 5.56 Å². The zero-order valence-electron chi connectivity index (χ0n) is 10.4. The molecule has 0 atom stereocenters. The Morgan fingerprint density at radius 1 is 0.947 bits per heavy atom. The van der Waals surface area contributed by atoms with Crippen molar-refractivity contribution < 1.29 is 13.6 Å². The topological polar surface area (TPSA) is 21.3 Å². The zero-order valence-corrected chi connectivity index (χ0v) is 10.4. The molecule has 0 saturated carbocycles. The van der Waals surface area contributed by atoms with Crippen LogP contribution >= 0.6 is 0 Å². The van der Waals surface area contributed by atoms with E-state index in [9.17, 15) is 8.78 Å². The summed E-state index contributed by atoms with van der Waals surface area (Å²) in [7, 11) is 0. The van der Waals surface area contributed by atoms with Crippen LogP contribution in [0.2, 0.25) is 0 Å². The van der Waals surface area contributed by atoms with Gasteiger partial charge in [0.25, 0.3) is 6.43 Å². The molecule has 0 aliphatic heterocycles. The summed E-state index contributed by atoms with van der Waals surface area (Å²) >= 11 is 0. The van der Waals surface area contributed by atoms with Gasteiger partial charge in [0, 0.05) is 12.1 Å². The monoisotopic (exact) mass is 263 g/mol. The first-order valence-electron chi connectivity index (χ1n) is 6.01. The summed E-state index contributed by atoms with van der Waals surface area (Å²) in [6.07, 6.45) is -2.44. The van der Waals surface area contributed by atoms with E-state index in [1.807, 2.05) is 30.3 Å². The van der Waals surface area contributed by atoms with Gasteiger partial charge in [-0.05, 0) is 17.2 Å². The molecule has 100 valence electrons. The van der Waals surface area contributed by atoms with E-state index in [0.29, 0.717) is 13.2 Å². The molecule has 0 saturated heterocycles. The van der Waals surface area contributed by atoms with Crippen LogP contribution in [0.1, 0.15) is 23.1 Å². The highest BCUT2D eigenvalue weighted by Crippen LogP contribution is 2.19. The van der Waals surface area contributed by atoms with Crippen LogP contribution in [0.3, 0.4) is 0 Å². The zero-order chi connectivity index (χ0) is 13.5. The number of halogens is 2. The molecule has 0 radical (unpaired) electrons. The van der Waals surface area contributed by atoms with E-state index < -0.39 is 6.43 Å². The lowest BCUT2D eigenvalue weighted by Gasteiger charge is -2.07. The molecular weight excluding hydrogens is 248 g/mol. The number of nitrogens with one attached hydrogen (secondary N) is 1. The summed E-state index contributed by atoms with van der Waals surface area (Å²) in [4.78, 5) is 5.29. The second-order valence-electron chi connectivity index (χ2n) is 4.14. The highest BCUT2D eigenvalue weighted by atomic mass is 19.3. The van der Waals surface area contributed by atoms with E-state index in [0.717, 1.165) is 11.1 Å². The van der Waals surface area contributed by atoms with Gasteiger partial charge < -0.3 is 0 Å². The van der Waals surface area contributed by atoms with Gasteiger partial charge in [0.1, 0.15) is 0 Å². The highest BCUT2D eigenvalue weighted by Gasteiger charge is 2.06. The average molecular weight is 263 g/mol. The average Bonchev–Trinajstić information content (AvgIpc) is 2.45. The Bertz CT molecular complexity index is 503. The van der Waals surface area contributed by atoms with E-state index in [1.165, 1.54) is 12.1 Å². The number of hydroxylamine groups is 1. The van der Waals surface area contributed by atoms with Crippen LogP contribution in [0.15, 0.2) is 54.6 Å². The molecule has 2 nitrogen and oxygen atoms in total.